The molecule has 0 saturated carbocycles. The van der Waals surface area contributed by atoms with Crippen LogP contribution >= 0.6 is 12.6 Å². The monoisotopic (exact) mass is 594 g/mol. The van der Waals surface area contributed by atoms with E-state index in [2.05, 4.69) is 39.6 Å². The first-order valence-corrected chi connectivity index (χ1v) is 16.4. The fourth-order valence-electron chi connectivity index (χ4n) is 8.24. The SMILES string of the molecule is O=C(O)c1cccc(C(=O)NCCS)c1C1=c2cc3c4c(c2Oc2c1cc1c5c2CCCN5CCC1)CCC[N+]=4CCC3. The minimum Gasteiger partial charge on any atom is -0.478 e. The van der Waals surface area contributed by atoms with Crippen molar-refractivity contribution in [3.8, 4) is 11.5 Å². The molecule has 8 heteroatoms. The van der Waals surface area contributed by atoms with Gasteiger partial charge in [-0.25, -0.2) is 9.37 Å². The van der Waals surface area contributed by atoms with Crippen molar-refractivity contribution in [2.45, 2.75) is 51.4 Å². The Hall–Kier alpha value is -3.78. The maximum Gasteiger partial charge on any atom is 0.336 e. The Labute approximate surface area is 256 Å². The van der Waals surface area contributed by atoms with E-state index in [1.165, 1.54) is 33.3 Å². The van der Waals surface area contributed by atoms with Crippen molar-refractivity contribution in [3.05, 3.63) is 85.4 Å². The van der Waals surface area contributed by atoms with Crippen LogP contribution in [0.4, 0.5) is 5.69 Å². The van der Waals surface area contributed by atoms with Crippen LogP contribution in [0.3, 0.4) is 0 Å². The Morgan fingerprint density at radius 1 is 0.930 bits per heavy atom. The molecule has 5 aliphatic rings. The molecule has 3 aromatic carbocycles. The number of carboxylic acids is 1. The quantitative estimate of drug-likeness (QED) is 0.244. The van der Waals surface area contributed by atoms with Gasteiger partial charge >= 0.3 is 5.97 Å². The molecule has 43 heavy (non-hydrogen) atoms. The summed E-state index contributed by atoms with van der Waals surface area (Å²) in [5.41, 5.74) is 9.07. The van der Waals surface area contributed by atoms with E-state index in [-0.39, 0.29) is 11.5 Å². The van der Waals surface area contributed by atoms with Gasteiger partial charge in [0.25, 0.3) is 5.91 Å². The van der Waals surface area contributed by atoms with Crippen molar-refractivity contribution in [2.24, 2.45) is 0 Å². The molecule has 0 aromatic heterocycles. The van der Waals surface area contributed by atoms with Crippen molar-refractivity contribution in [3.63, 3.8) is 0 Å². The second-order valence-corrected chi connectivity index (χ2v) is 12.8. The Morgan fingerprint density at radius 2 is 1.67 bits per heavy atom. The molecule has 0 spiro atoms. The molecular formula is C35H36N3O4S+. The number of ether oxygens (including phenoxy) is 1. The van der Waals surface area contributed by atoms with E-state index in [1.807, 2.05) is 0 Å². The first-order valence-electron chi connectivity index (χ1n) is 15.7. The summed E-state index contributed by atoms with van der Waals surface area (Å²) in [6, 6.07) is 9.55. The highest BCUT2D eigenvalue weighted by atomic mass is 32.1. The van der Waals surface area contributed by atoms with E-state index in [0.717, 1.165) is 105 Å². The number of benzene rings is 3. The van der Waals surface area contributed by atoms with E-state index in [1.54, 1.807) is 18.2 Å². The van der Waals surface area contributed by atoms with E-state index < -0.39 is 5.97 Å². The summed E-state index contributed by atoms with van der Waals surface area (Å²) < 4.78 is 9.61. The number of aromatic carboxylic acids is 1. The molecule has 5 aliphatic heterocycles. The van der Waals surface area contributed by atoms with Gasteiger partial charge in [0.05, 0.1) is 11.1 Å². The van der Waals surface area contributed by atoms with Crippen molar-refractivity contribution < 1.29 is 19.4 Å². The van der Waals surface area contributed by atoms with Gasteiger partial charge in [0.2, 0.25) is 5.36 Å². The number of hydrogen-bond donors (Lipinski definition) is 3. The normalized spacial score (nSPS) is 17.7. The summed E-state index contributed by atoms with van der Waals surface area (Å²) >= 11 is 4.29. The molecule has 0 atom stereocenters. The van der Waals surface area contributed by atoms with Crippen LogP contribution in [0.15, 0.2) is 30.3 Å². The van der Waals surface area contributed by atoms with Crippen molar-refractivity contribution >= 4 is 35.8 Å². The number of carboxylic acid groups (broad SMARTS) is 1. The molecule has 3 aromatic rings. The molecule has 5 heterocycles. The molecule has 7 nitrogen and oxygen atoms in total. The molecule has 0 radical (unpaired) electrons. The van der Waals surface area contributed by atoms with Crippen molar-refractivity contribution in [2.75, 3.05) is 43.4 Å². The van der Waals surface area contributed by atoms with Crippen LogP contribution in [0.5, 0.6) is 11.5 Å². The number of hydrogen-bond acceptors (Lipinski definition) is 5. The fourth-order valence-corrected chi connectivity index (χ4v) is 8.35. The second kappa shape index (κ2) is 10.4. The van der Waals surface area contributed by atoms with Crippen molar-refractivity contribution in [1.82, 2.24) is 9.89 Å². The number of nitrogens with zero attached hydrogens (tertiary/aromatic N) is 2. The van der Waals surface area contributed by atoms with Crippen LogP contribution in [0.25, 0.3) is 5.57 Å². The minimum absolute atomic E-state index is 0.133. The number of aryl methyl sites for hydroxylation is 2. The fraction of sp³-hybridized carbons (Fsp3) is 0.400. The summed E-state index contributed by atoms with van der Waals surface area (Å²) in [5, 5.41) is 15.7. The van der Waals surface area contributed by atoms with Crippen LogP contribution < -0.4 is 30.1 Å². The Bertz CT molecular complexity index is 1860. The van der Waals surface area contributed by atoms with Crippen LogP contribution in [0.2, 0.25) is 0 Å². The van der Waals surface area contributed by atoms with Crippen LogP contribution in [0.1, 0.15) is 79.8 Å². The number of thiol groups is 1. The van der Waals surface area contributed by atoms with Crippen LogP contribution in [0, 0.1) is 0 Å². The van der Waals surface area contributed by atoms with Gasteiger partial charge in [-0.15, -0.1) is 0 Å². The maximum absolute atomic E-state index is 13.7. The lowest BCUT2D eigenvalue weighted by Gasteiger charge is -2.39. The molecule has 0 fully saturated rings. The van der Waals surface area contributed by atoms with E-state index in [9.17, 15) is 14.7 Å². The topological polar surface area (TPSA) is 81.9 Å². The number of nitrogens with one attached hydrogen (secondary N) is 1. The largest absolute Gasteiger partial charge is 0.478 e. The zero-order valence-corrected chi connectivity index (χ0v) is 25.2. The average molecular weight is 595 g/mol. The van der Waals surface area contributed by atoms with E-state index in [0.29, 0.717) is 23.4 Å². The highest BCUT2D eigenvalue weighted by molar-refractivity contribution is 7.80. The number of carbonyl (C=O) groups excluding carboxylic acids is 1. The maximum atomic E-state index is 13.7. The molecule has 1 amide bonds. The van der Waals surface area contributed by atoms with E-state index >= 15 is 0 Å². The van der Waals surface area contributed by atoms with Gasteiger partial charge in [0.15, 0.2) is 0 Å². The number of fused-ring (bicyclic) bond motifs is 4. The zero-order valence-electron chi connectivity index (χ0n) is 24.3. The summed E-state index contributed by atoms with van der Waals surface area (Å²) in [5.74, 6) is 0.855. The molecule has 0 bridgehead atoms. The first-order chi connectivity index (χ1) is 21.0. The molecule has 220 valence electrons. The number of anilines is 1. The van der Waals surface area contributed by atoms with Crippen LogP contribution in [-0.4, -0.2) is 55.5 Å². The molecule has 2 N–H and O–H groups in total. The third-order valence-corrected chi connectivity index (χ3v) is 10.1. The van der Waals surface area contributed by atoms with Crippen LogP contribution in [-0.2, 0) is 25.7 Å². The standard InChI is InChI=1S/C35H35N3O4S/c39-34(36-12-17-43)22-8-1-9-23(35(40)41)28(22)29-26-18-20-6-2-13-37-15-4-10-24(30(20)37)32(26)42-33-25-11-5-16-38-14-3-7-21(31(25)38)19-27(29)33/h1,8-9,18-19H,2-7,10-17H2,(H2-,36,39,40,41,43)/p+1. The van der Waals surface area contributed by atoms with Gasteiger partial charge in [0.1, 0.15) is 24.6 Å². The first kappa shape index (κ1) is 26.8. The molecule has 0 unspecified atom stereocenters. The average Bonchev–Trinajstić information content (AvgIpc) is 3.03. The molecule has 0 aliphatic carbocycles. The highest BCUT2D eigenvalue weighted by Crippen LogP contribution is 2.49. The summed E-state index contributed by atoms with van der Waals surface area (Å²) in [6.07, 6.45) is 8.10. The van der Waals surface area contributed by atoms with Gasteiger partial charge in [-0.05, 0) is 68.4 Å². The lowest BCUT2D eigenvalue weighted by atomic mass is 9.80. The summed E-state index contributed by atoms with van der Waals surface area (Å²) in [7, 11) is 0. The zero-order chi connectivity index (χ0) is 29.2. The van der Waals surface area contributed by atoms with Crippen molar-refractivity contribution in [1.29, 1.82) is 0 Å². The Balaban J connectivity index is 1.53. The molecular weight excluding hydrogens is 558 g/mol. The van der Waals surface area contributed by atoms with Gasteiger partial charge in [-0.1, -0.05) is 6.07 Å². The Kier molecular flexibility index (Phi) is 6.51. The predicted molar refractivity (Wildman–Crippen MR) is 170 cm³/mol. The van der Waals surface area contributed by atoms with E-state index in [4.69, 9.17) is 4.74 Å². The highest BCUT2D eigenvalue weighted by Gasteiger charge is 2.37. The summed E-state index contributed by atoms with van der Waals surface area (Å²) in [6.45, 7) is 4.60. The number of carbonyl (C=O) groups is 2. The second-order valence-electron chi connectivity index (χ2n) is 12.4. The van der Waals surface area contributed by atoms with Gasteiger partial charge in [-0.3, -0.25) is 4.79 Å². The minimum atomic E-state index is -1.04. The number of rotatable bonds is 5. The predicted octanol–water partition coefficient (Wildman–Crippen LogP) is 3.48. The van der Waals surface area contributed by atoms with Gasteiger partial charge in [-0.2, -0.15) is 12.6 Å². The van der Waals surface area contributed by atoms with Gasteiger partial charge < -0.3 is 20.1 Å². The number of amides is 1. The smallest absolute Gasteiger partial charge is 0.336 e. The third-order valence-electron chi connectivity index (χ3n) is 9.87. The lowest BCUT2D eigenvalue weighted by Crippen LogP contribution is -2.45. The lowest BCUT2D eigenvalue weighted by molar-refractivity contribution is 0.0696. The molecule has 0 saturated heterocycles. The molecule has 8 rings (SSSR count). The Morgan fingerprint density at radius 3 is 2.49 bits per heavy atom. The summed E-state index contributed by atoms with van der Waals surface area (Å²) in [4.78, 5) is 29.1. The van der Waals surface area contributed by atoms with Gasteiger partial charge in [0, 0.05) is 82.5 Å². The third kappa shape index (κ3) is 4.13.